The largest absolute Gasteiger partial charge is 0.495 e. The van der Waals surface area contributed by atoms with Crippen molar-refractivity contribution in [2.45, 2.75) is 12.8 Å². The van der Waals surface area contributed by atoms with Gasteiger partial charge in [-0.2, -0.15) is 0 Å². The van der Waals surface area contributed by atoms with Gasteiger partial charge in [0, 0.05) is 39.1 Å². The Morgan fingerprint density at radius 3 is 2.67 bits per heavy atom. The molecule has 1 fully saturated rings. The lowest BCUT2D eigenvalue weighted by molar-refractivity contribution is -0.121. The summed E-state index contributed by atoms with van der Waals surface area (Å²) in [5.41, 5.74) is 0.482. The lowest BCUT2D eigenvalue weighted by Crippen LogP contribution is -2.41. The maximum atomic E-state index is 12.2. The average Bonchev–Trinajstić information content (AvgIpc) is 2.65. The van der Waals surface area contributed by atoms with Gasteiger partial charge in [-0.3, -0.25) is 14.0 Å². The van der Waals surface area contributed by atoms with Gasteiger partial charge in [0.2, 0.25) is 15.9 Å². The molecule has 0 atom stereocenters. The summed E-state index contributed by atoms with van der Waals surface area (Å²) in [4.78, 5) is 14.3. The number of benzene rings is 1. The SMILES string of the molecule is COc1ccccc1N(CCCC(=O)NCCN1CCOCC1)S(C)(=O)=O. The van der Waals surface area contributed by atoms with Crippen molar-refractivity contribution in [1.82, 2.24) is 10.2 Å². The third-order valence-corrected chi connectivity index (χ3v) is 5.55. The maximum absolute atomic E-state index is 12.2. The normalized spacial score (nSPS) is 15.3. The number of sulfonamides is 1. The summed E-state index contributed by atoms with van der Waals surface area (Å²) >= 11 is 0. The van der Waals surface area contributed by atoms with Gasteiger partial charge in [0.05, 0.1) is 32.3 Å². The summed E-state index contributed by atoms with van der Waals surface area (Å²) in [6.07, 6.45) is 1.85. The van der Waals surface area contributed by atoms with Crippen LogP contribution in [0, 0.1) is 0 Å². The summed E-state index contributed by atoms with van der Waals surface area (Å²) in [5, 5.41) is 2.89. The molecule has 0 unspecified atom stereocenters. The van der Waals surface area contributed by atoms with Crippen LogP contribution < -0.4 is 14.4 Å². The van der Waals surface area contributed by atoms with E-state index < -0.39 is 10.0 Å². The molecule has 1 aliphatic heterocycles. The fourth-order valence-corrected chi connectivity index (χ4v) is 3.92. The Labute approximate surface area is 161 Å². The summed E-state index contributed by atoms with van der Waals surface area (Å²) in [6.45, 7) is 4.84. The highest BCUT2D eigenvalue weighted by Crippen LogP contribution is 2.29. The molecule has 1 amide bonds. The van der Waals surface area contributed by atoms with Crippen molar-refractivity contribution in [2.75, 3.05) is 63.6 Å². The van der Waals surface area contributed by atoms with Crippen molar-refractivity contribution < 1.29 is 22.7 Å². The Hall–Kier alpha value is -1.84. The van der Waals surface area contributed by atoms with Gasteiger partial charge in [-0.15, -0.1) is 0 Å². The predicted molar refractivity (Wildman–Crippen MR) is 105 cm³/mol. The van der Waals surface area contributed by atoms with Crippen LogP contribution in [-0.4, -0.2) is 78.5 Å². The summed E-state index contributed by atoms with van der Waals surface area (Å²) in [7, 11) is -1.98. The Morgan fingerprint density at radius 1 is 1.30 bits per heavy atom. The molecular formula is C18H29N3O5S. The van der Waals surface area contributed by atoms with Crippen LogP contribution in [0.25, 0.3) is 0 Å². The fraction of sp³-hybridized carbons (Fsp3) is 0.611. The summed E-state index contributed by atoms with van der Waals surface area (Å²) in [6, 6.07) is 6.95. The van der Waals surface area contributed by atoms with E-state index in [2.05, 4.69) is 10.2 Å². The molecule has 2 rings (SSSR count). The van der Waals surface area contributed by atoms with Gasteiger partial charge < -0.3 is 14.8 Å². The van der Waals surface area contributed by atoms with E-state index in [0.717, 1.165) is 39.1 Å². The monoisotopic (exact) mass is 399 g/mol. The second-order valence-electron chi connectivity index (χ2n) is 6.41. The predicted octanol–water partition coefficient (Wildman–Crippen LogP) is 0.690. The first kappa shape index (κ1) is 21.5. The zero-order valence-corrected chi connectivity index (χ0v) is 16.8. The van der Waals surface area contributed by atoms with E-state index in [9.17, 15) is 13.2 Å². The van der Waals surface area contributed by atoms with Crippen LogP contribution in [0.4, 0.5) is 5.69 Å². The standard InChI is InChI=1S/C18H29N3O5S/c1-25-17-7-4-3-6-16(17)21(27(2,23)24)10-5-8-18(22)19-9-11-20-12-14-26-15-13-20/h3-4,6-7H,5,8-15H2,1-2H3,(H,19,22). The Morgan fingerprint density at radius 2 is 2.00 bits per heavy atom. The zero-order valence-electron chi connectivity index (χ0n) is 16.0. The molecule has 1 aromatic rings. The number of hydrogen-bond donors (Lipinski definition) is 1. The highest BCUT2D eigenvalue weighted by atomic mass is 32.2. The van der Waals surface area contributed by atoms with Gasteiger partial charge in [-0.05, 0) is 18.6 Å². The van der Waals surface area contributed by atoms with Gasteiger partial charge in [0.15, 0.2) is 0 Å². The van der Waals surface area contributed by atoms with Gasteiger partial charge in [-0.1, -0.05) is 12.1 Å². The van der Waals surface area contributed by atoms with Crippen molar-refractivity contribution in [3.63, 3.8) is 0 Å². The van der Waals surface area contributed by atoms with Crippen molar-refractivity contribution in [1.29, 1.82) is 0 Å². The minimum atomic E-state index is -3.48. The zero-order chi connectivity index (χ0) is 19.7. The van der Waals surface area contributed by atoms with E-state index in [-0.39, 0.29) is 18.9 Å². The molecule has 0 aromatic heterocycles. The molecule has 1 aromatic carbocycles. The molecule has 0 spiro atoms. The van der Waals surface area contributed by atoms with Crippen LogP contribution in [0.5, 0.6) is 5.75 Å². The van der Waals surface area contributed by atoms with Gasteiger partial charge in [0.25, 0.3) is 0 Å². The van der Waals surface area contributed by atoms with E-state index >= 15 is 0 Å². The molecule has 9 heteroatoms. The Kier molecular flexibility index (Phi) is 8.33. The molecule has 27 heavy (non-hydrogen) atoms. The van der Waals surface area contributed by atoms with E-state index in [1.165, 1.54) is 11.4 Å². The number of amides is 1. The number of carbonyl (C=O) groups is 1. The molecule has 1 N–H and O–H groups in total. The van der Waals surface area contributed by atoms with Crippen LogP contribution in [0.3, 0.4) is 0 Å². The van der Waals surface area contributed by atoms with Crippen molar-refractivity contribution in [3.05, 3.63) is 24.3 Å². The second-order valence-corrected chi connectivity index (χ2v) is 8.32. The number of nitrogens with zero attached hydrogens (tertiary/aromatic N) is 2. The second kappa shape index (κ2) is 10.5. The molecule has 0 bridgehead atoms. The third-order valence-electron chi connectivity index (χ3n) is 4.37. The lowest BCUT2D eigenvalue weighted by Gasteiger charge is -2.26. The fourth-order valence-electron chi connectivity index (χ4n) is 2.95. The Balaban J connectivity index is 1.80. The van der Waals surface area contributed by atoms with Crippen molar-refractivity contribution in [2.24, 2.45) is 0 Å². The summed E-state index contributed by atoms with van der Waals surface area (Å²) in [5.74, 6) is 0.412. The molecule has 0 radical (unpaired) electrons. The summed E-state index contributed by atoms with van der Waals surface area (Å²) < 4.78 is 36.2. The number of carbonyl (C=O) groups excluding carboxylic acids is 1. The number of morpholine rings is 1. The van der Waals surface area contributed by atoms with Crippen LogP contribution in [0.15, 0.2) is 24.3 Å². The van der Waals surface area contributed by atoms with Crippen LogP contribution in [-0.2, 0) is 19.6 Å². The van der Waals surface area contributed by atoms with Gasteiger partial charge in [-0.25, -0.2) is 8.42 Å². The number of hydrogen-bond acceptors (Lipinski definition) is 6. The number of ether oxygens (including phenoxy) is 2. The highest BCUT2D eigenvalue weighted by Gasteiger charge is 2.20. The Bertz CT molecular complexity index is 705. The van der Waals surface area contributed by atoms with Gasteiger partial charge >= 0.3 is 0 Å². The van der Waals surface area contributed by atoms with Gasteiger partial charge in [0.1, 0.15) is 5.75 Å². The number of methoxy groups -OCH3 is 1. The number of rotatable bonds is 10. The first-order valence-electron chi connectivity index (χ1n) is 9.09. The molecule has 1 saturated heterocycles. The number of para-hydroxylation sites is 2. The molecule has 8 nitrogen and oxygen atoms in total. The smallest absolute Gasteiger partial charge is 0.232 e. The third kappa shape index (κ3) is 7.00. The van der Waals surface area contributed by atoms with E-state index in [1.807, 2.05) is 0 Å². The van der Waals surface area contributed by atoms with E-state index in [0.29, 0.717) is 24.4 Å². The highest BCUT2D eigenvalue weighted by molar-refractivity contribution is 7.92. The quantitative estimate of drug-likeness (QED) is 0.623. The first-order valence-corrected chi connectivity index (χ1v) is 10.9. The molecule has 152 valence electrons. The molecule has 1 aliphatic rings. The first-order chi connectivity index (χ1) is 12.9. The number of anilines is 1. The lowest BCUT2D eigenvalue weighted by atomic mass is 10.2. The van der Waals surface area contributed by atoms with E-state index in [4.69, 9.17) is 9.47 Å². The van der Waals surface area contributed by atoms with Crippen molar-refractivity contribution >= 4 is 21.6 Å². The molecule has 0 aliphatic carbocycles. The van der Waals surface area contributed by atoms with Crippen LogP contribution in [0.1, 0.15) is 12.8 Å². The van der Waals surface area contributed by atoms with E-state index in [1.54, 1.807) is 24.3 Å². The van der Waals surface area contributed by atoms with Crippen LogP contribution >= 0.6 is 0 Å². The molecular weight excluding hydrogens is 370 g/mol. The average molecular weight is 400 g/mol. The minimum absolute atomic E-state index is 0.0725. The molecule has 1 heterocycles. The maximum Gasteiger partial charge on any atom is 0.232 e. The minimum Gasteiger partial charge on any atom is -0.495 e. The number of nitrogens with one attached hydrogen (secondary N) is 1. The van der Waals surface area contributed by atoms with Crippen molar-refractivity contribution in [3.8, 4) is 5.75 Å². The molecule has 0 saturated carbocycles. The van der Waals surface area contributed by atoms with Crippen LogP contribution in [0.2, 0.25) is 0 Å². The topological polar surface area (TPSA) is 88.2 Å².